The van der Waals surface area contributed by atoms with Gasteiger partial charge in [-0.2, -0.15) is 0 Å². The van der Waals surface area contributed by atoms with Crippen LogP contribution in [0.15, 0.2) is 60.7 Å². The van der Waals surface area contributed by atoms with E-state index < -0.39 is 0 Å². The van der Waals surface area contributed by atoms with E-state index >= 15 is 0 Å². The standard InChI is InChI=1S/C49H58O10/c1-11-13-58-48-28-39-19-37-27-45(55-8)35(25-47(37)57-10)17-33-23-41(51-4)31(21-43(33)53-6)15-30-20-42(52-5)32(22-40(30)50-3)16-34-24-46(56-9)36(26-44(34)54-7)18-38(48)29-49(39)59-14-12-2/h20-29H,11-19H2,1-10H3. The molecule has 0 spiro atoms. The summed E-state index contributed by atoms with van der Waals surface area (Å²) in [5.74, 6) is 7.38. The quantitative estimate of drug-likeness (QED) is 0.106. The molecule has 314 valence electrons. The van der Waals surface area contributed by atoms with Crippen molar-refractivity contribution >= 4 is 0 Å². The van der Waals surface area contributed by atoms with Gasteiger partial charge in [0.2, 0.25) is 0 Å². The highest BCUT2D eigenvalue weighted by Gasteiger charge is 2.23. The van der Waals surface area contributed by atoms with Crippen LogP contribution in [0.2, 0.25) is 0 Å². The summed E-state index contributed by atoms with van der Waals surface area (Å²) in [6.45, 7) is 5.33. The van der Waals surface area contributed by atoms with Gasteiger partial charge >= 0.3 is 0 Å². The Balaban J connectivity index is 1.62. The van der Waals surface area contributed by atoms with Gasteiger partial charge < -0.3 is 47.4 Å². The molecule has 0 N–H and O–H groups in total. The van der Waals surface area contributed by atoms with E-state index in [9.17, 15) is 0 Å². The van der Waals surface area contributed by atoms with E-state index in [2.05, 4.69) is 38.1 Å². The highest BCUT2D eigenvalue weighted by atomic mass is 16.5. The van der Waals surface area contributed by atoms with Crippen LogP contribution in [0.3, 0.4) is 0 Å². The van der Waals surface area contributed by atoms with Gasteiger partial charge in [-0.05, 0) is 73.5 Å². The lowest BCUT2D eigenvalue weighted by Gasteiger charge is -2.21. The highest BCUT2D eigenvalue weighted by molar-refractivity contribution is 5.59. The lowest BCUT2D eigenvalue weighted by molar-refractivity contribution is 0.304. The van der Waals surface area contributed by atoms with Crippen molar-refractivity contribution in [1.82, 2.24) is 0 Å². The van der Waals surface area contributed by atoms with Gasteiger partial charge in [-0.25, -0.2) is 0 Å². The first-order chi connectivity index (χ1) is 28.7. The van der Waals surface area contributed by atoms with E-state index in [1.165, 1.54) is 0 Å². The van der Waals surface area contributed by atoms with Crippen LogP contribution in [0.25, 0.3) is 0 Å². The van der Waals surface area contributed by atoms with Crippen LogP contribution in [0, 0.1) is 0 Å². The Morgan fingerprint density at radius 3 is 0.576 bits per heavy atom. The molecule has 0 heterocycles. The maximum atomic E-state index is 6.49. The van der Waals surface area contributed by atoms with Crippen molar-refractivity contribution in [3.05, 3.63) is 116 Å². The van der Waals surface area contributed by atoms with E-state index in [4.69, 9.17) is 47.4 Å². The van der Waals surface area contributed by atoms with Gasteiger partial charge in [0.1, 0.15) is 57.5 Å². The van der Waals surface area contributed by atoms with Crippen LogP contribution in [-0.4, -0.2) is 70.1 Å². The normalized spacial score (nSPS) is 12.2. The summed E-state index contributed by atoms with van der Waals surface area (Å²) in [6.07, 6.45) is 4.27. The van der Waals surface area contributed by atoms with Crippen molar-refractivity contribution in [2.24, 2.45) is 0 Å². The molecule has 0 radical (unpaired) electrons. The summed E-state index contributed by atoms with van der Waals surface area (Å²) < 4.78 is 61.3. The molecule has 15 rings (SSSR count). The molecule has 59 heavy (non-hydrogen) atoms. The topological polar surface area (TPSA) is 92.3 Å². The first kappa shape index (κ1) is 42.7. The second kappa shape index (κ2) is 19.7. The Hall–Kier alpha value is -5.90. The van der Waals surface area contributed by atoms with E-state index in [0.717, 1.165) is 126 Å². The average molecular weight is 807 g/mol. The predicted molar refractivity (Wildman–Crippen MR) is 230 cm³/mol. The maximum Gasteiger partial charge on any atom is 0.123 e. The van der Waals surface area contributed by atoms with Gasteiger partial charge in [0.15, 0.2) is 0 Å². The Labute approximate surface area is 349 Å². The van der Waals surface area contributed by atoms with Crippen LogP contribution in [0.5, 0.6) is 57.5 Å². The minimum Gasteiger partial charge on any atom is -0.496 e. The molecule has 5 aromatic carbocycles. The highest BCUT2D eigenvalue weighted by Crippen LogP contribution is 2.42. The second-order valence-electron chi connectivity index (χ2n) is 14.6. The Morgan fingerprint density at radius 2 is 0.424 bits per heavy atom. The lowest BCUT2D eigenvalue weighted by atomic mass is 9.94. The first-order valence-electron chi connectivity index (χ1n) is 20.1. The van der Waals surface area contributed by atoms with Gasteiger partial charge in [0.25, 0.3) is 0 Å². The van der Waals surface area contributed by atoms with Gasteiger partial charge in [0.05, 0.1) is 70.1 Å². The maximum absolute atomic E-state index is 6.49. The molecule has 0 saturated carbocycles. The minimum absolute atomic E-state index is 0.505. The Morgan fingerprint density at radius 1 is 0.271 bits per heavy atom. The molecule has 10 aliphatic rings. The zero-order chi connectivity index (χ0) is 42.1. The molecule has 0 amide bonds. The Kier molecular flexibility index (Phi) is 14.3. The summed E-state index contributed by atoms with van der Waals surface area (Å²) in [7, 11) is 13.5. The summed E-state index contributed by atoms with van der Waals surface area (Å²) in [5.41, 5.74) is 9.47. The number of hydrogen-bond donors (Lipinski definition) is 0. The van der Waals surface area contributed by atoms with E-state index in [1.54, 1.807) is 56.9 Å². The zero-order valence-corrected chi connectivity index (χ0v) is 36.2. The molecule has 0 unspecified atom stereocenters. The molecule has 5 aromatic rings. The number of ether oxygens (including phenoxy) is 10. The van der Waals surface area contributed by atoms with Crippen molar-refractivity contribution in [2.45, 2.75) is 58.8 Å². The van der Waals surface area contributed by atoms with E-state index in [-0.39, 0.29) is 0 Å². The SMILES string of the molecule is CCCOc1cc2c(OCCC)cc1Cc1cc(OC)c(cc1OC)Cc1cc(OC)c(cc1OC)Cc1cc(OC)c(cc1OC)Cc1cc(OC)c(cc1OC)C2. The number of hydrogen-bond acceptors (Lipinski definition) is 10. The third kappa shape index (κ3) is 9.38. The lowest BCUT2D eigenvalue weighted by Crippen LogP contribution is -2.07. The van der Waals surface area contributed by atoms with Gasteiger partial charge in [0, 0.05) is 87.7 Å². The molecular formula is C49H58O10. The average Bonchev–Trinajstić information content (AvgIpc) is 3.26. The largest absolute Gasteiger partial charge is 0.496 e. The zero-order valence-electron chi connectivity index (χ0n) is 36.2. The first-order valence-corrected chi connectivity index (χ1v) is 20.1. The van der Waals surface area contributed by atoms with E-state index in [0.29, 0.717) is 45.3 Å². The summed E-state index contributed by atoms with van der Waals surface area (Å²) in [4.78, 5) is 0. The fourth-order valence-corrected chi connectivity index (χ4v) is 7.84. The molecule has 0 fully saturated rings. The molecule has 0 atom stereocenters. The summed E-state index contributed by atoms with van der Waals surface area (Å²) >= 11 is 0. The van der Waals surface area contributed by atoms with Crippen LogP contribution in [-0.2, 0) is 32.1 Å². The third-order valence-electron chi connectivity index (χ3n) is 10.8. The molecule has 0 saturated heterocycles. The van der Waals surface area contributed by atoms with Crippen LogP contribution < -0.4 is 47.4 Å². The number of benzene rings is 5. The Bertz CT molecular complexity index is 2090. The summed E-state index contributed by atoms with van der Waals surface area (Å²) in [6, 6.07) is 20.6. The smallest absolute Gasteiger partial charge is 0.123 e. The van der Waals surface area contributed by atoms with Crippen LogP contribution in [0.1, 0.15) is 82.3 Å². The van der Waals surface area contributed by atoms with Gasteiger partial charge in [-0.15, -0.1) is 0 Å². The van der Waals surface area contributed by atoms with Crippen molar-refractivity contribution < 1.29 is 47.4 Å². The van der Waals surface area contributed by atoms with Gasteiger partial charge in [-0.3, -0.25) is 0 Å². The fourth-order valence-electron chi connectivity index (χ4n) is 7.84. The molecule has 10 bridgehead atoms. The van der Waals surface area contributed by atoms with Crippen molar-refractivity contribution in [2.75, 3.05) is 70.1 Å². The fraction of sp³-hybridized carbons (Fsp3) is 0.388. The molecule has 0 aliphatic heterocycles. The molecule has 10 heteroatoms. The van der Waals surface area contributed by atoms with E-state index in [1.807, 2.05) is 36.4 Å². The molecule has 0 aromatic heterocycles. The molecule has 10 aliphatic carbocycles. The minimum atomic E-state index is 0.505. The second-order valence-corrected chi connectivity index (χ2v) is 14.6. The van der Waals surface area contributed by atoms with Crippen LogP contribution >= 0.6 is 0 Å². The molecular weight excluding hydrogens is 749 g/mol. The van der Waals surface area contributed by atoms with Crippen LogP contribution in [0.4, 0.5) is 0 Å². The van der Waals surface area contributed by atoms with Gasteiger partial charge in [-0.1, -0.05) is 13.8 Å². The number of methoxy groups -OCH3 is 8. The predicted octanol–water partition coefficient (Wildman–Crippen LogP) is 9.60. The summed E-state index contributed by atoms with van der Waals surface area (Å²) in [5, 5.41) is 0. The monoisotopic (exact) mass is 806 g/mol. The molecule has 10 nitrogen and oxygen atoms in total. The number of rotatable bonds is 14. The third-order valence-corrected chi connectivity index (χ3v) is 10.8. The van der Waals surface area contributed by atoms with Crippen molar-refractivity contribution in [3.8, 4) is 57.5 Å². The van der Waals surface area contributed by atoms with Crippen molar-refractivity contribution in [1.29, 1.82) is 0 Å². The van der Waals surface area contributed by atoms with Crippen molar-refractivity contribution in [3.63, 3.8) is 0 Å².